The number of non-ortho nitro benzene ring substituents is 1. The quantitative estimate of drug-likeness (QED) is 0.336. The third-order valence-electron chi connectivity index (χ3n) is 4.96. The first-order valence-electron chi connectivity index (χ1n) is 9.13. The Balaban J connectivity index is 2.00. The molecule has 1 aliphatic rings. The van der Waals surface area contributed by atoms with E-state index >= 15 is 0 Å². The Labute approximate surface area is 163 Å². The third kappa shape index (κ3) is 4.01. The highest BCUT2D eigenvalue weighted by Gasteiger charge is 2.39. The van der Waals surface area contributed by atoms with Gasteiger partial charge in [-0.15, -0.1) is 0 Å². The molecule has 0 radical (unpaired) electrons. The largest absolute Gasteiger partial charge is 0.465 e. The van der Waals surface area contributed by atoms with Gasteiger partial charge in [-0.1, -0.05) is 42.0 Å². The van der Waals surface area contributed by atoms with E-state index in [1.165, 1.54) is 18.2 Å². The van der Waals surface area contributed by atoms with Crippen LogP contribution in [0.1, 0.15) is 36.0 Å². The molecule has 0 aliphatic heterocycles. The Hall–Kier alpha value is -3.28. The molecule has 3 rings (SSSR count). The molecule has 0 unspecified atom stereocenters. The van der Waals surface area contributed by atoms with Crippen molar-refractivity contribution >= 4 is 23.0 Å². The number of allylic oxidation sites excluding steroid dienone is 2. The predicted octanol–water partition coefficient (Wildman–Crippen LogP) is 4.22. The third-order valence-corrected chi connectivity index (χ3v) is 4.96. The number of nitrogens with zero attached hydrogens (tertiary/aromatic N) is 1. The topological polar surface area (TPSA) is 86.5 Å². The van der Waals surface area contributed by atoms with Gasteiger partial charge in [-0.3, -0.25) is 19.7 Å². The number of ketones is 1. The number of carbonyl (C=O) groups is 2. The number of hydrogen-bond acceptors (Lipinski definition) is 5. The number of ether oxygens (including phenoxy) is 1. The van der Waals surface area contributed by atoms with Gasteiger partial charge in [-0.05, 0) is 43.0 Å². The Bertz CT molecular complexity index is 928. The molecule has 1 aliphatic carbocycles. The van der Waals surface area contributed by atoms with Crippen molar-refractivity contribution in [1.29, 1.82) is 0 Å². The lowest BCUT2D eigenvalue weighted by atomic mass is 9.73. The van der Waals surface area contributed by atoms with Crippen molar-refractivity contribution in [2.24, 2.45) is 5.92 Å². The number of carbonyl (C=O) groups excluding carboxylic acids is 2. The molecule has 2 aromatic carbocycles. The minimum atomic E-state index is -0.949. The summed E-state index contributed by atoms with van der Waals surface area (Å²) in [5, 5.41) is 10.9. The monoisotopic (exact) mass is 379 g/mol. The van der Waals surface area contributed by atoms with Crippen LogP contribution in [0.15, 0.2) is 54.6 Å². The van der Waals surface area contributed by atoms with E-state index in [9.17, 15) is 19.7 Å². The first-order valence-corrected chi connectivity index (χ1v) is 9.13. The van der Waals surface area contributed by atoms with E-state index < -0.39 is 22.7 Å². The van der Waals surface area contributed by atoms with Crippen LogP contribution in [-0.4, -0.2) is 23.3 Å². The molecule has 0 N–H and O–H groups in total. The summed E-state index contributed by atoms with van der Waals surface area (Å²) >= 11 is 0. The molecule has 6 heteroatoms. The predicted molar refractivity (Wildman–Crippen MR) is 105 cm³/mol. The smallest absolute Gasteiger partial charge is 0.317 e. The molecule has 0 bridgehead atoms. The molecular formula is C22H21NO5. The van der Waals surface area contributed by atoms with Gasteiger partial charge in [-0.25, -0.2) is 0 Å². The highest BCUT2D eigenvalue weighted by Crippen LogP contribution is 2.40. The van der Waals surface area contributed by atoms with E-state index in [0.717, 1.165) is 16.7 Å². The fourth-order valence-corrected chi connectivity index (χ4v) is 3.51. The molecule has 6 nitrogen and oxygen atoms in total. The van der Waals surface area contributed by atoms with Crippen LogP contribution in [0.3, 0.4) is 0 Å². The van der Waals surface area contributed by atoms with E-state index in [2.05, 4.69) is 0 Å². The highest BCUT2D eigenvalue weighted by molar-refractivity contribution is 6.10. The molecule has 2 atom stereocenters. The maximum atomic E-state index is 12.8. The number of hydrogen-bond donors (Lipinski definition) is 0. The summed E-state index contributed by atoms with van der Waals surface area (Å²) in [6.45, 7) is 3.87. The van der Waals surface area contributed by atoms with Crippen molar-refractivity contribution in [1.82, 2.24) is 0 Å². The molecule has 0 fully saturated rings. The van der Waals surface area contributed by atoms with Crippen molar-refractivity contribution < 1.29 is 19.2 Å². The summed E-state index contributed by atoms with van der Waals surface area (Å²) < 4.78 is 5.12. The van der Waals surface area contributed by atoms with Crippen molar-refractivity contribution in [3.63, 3.8) is 0 Å². The van der Waals surface area contributed by atoms with Crippen LogP contribution in [0.2, 0.25) is 0 Å². The molecule has 144 valence electrons. The van der Waals surface area contributed by atoms with Gasteiger partial charge in [0.1, 0.15) is 5.92 Å². The van der Waals surface area contributed by atoms with Gasteiger partial charge in [0.25, 0.3) is 5.69 Å². The fraction of sp³-hybridized carbons (Fsp3) is 0.273. The second-order valence-electron chi connectivity index (χ2n) is 6.83. The lowest BCUT2D eigenvalue weighted by Crippen LogP contribution is -2.34. The van der Waals surface area contributed by atoms with E-state index in [1.54, 1.807) is 19.1 Å². The Morgan fingerprint density at radius 2 is 1.79 bits per heavy atom. The molecule has 2 aromatic rings. The average Bonchev–Trinajstić information content (AvgIpc) is 2.68. The normalized spacial score (nSPS) is 19.1. The molecule has 0 aromatic heterocycles. The number of esters is 1. The second-order valence-corrected chi connectivity index (χ2v) is 6.83. The molecule has 0 saturated heterocycles. The maximum absolute atomic E-state index is 12.8. The van der Waals surface area contributed by atoms with E-state index in [0.29, 0.717) is 12.0 Å². The van der Waals surface area contributed by atoms with E-state index in [1.807, 2.05) is 31.2 Å². The van der Waals surface area contributed by atoms with Crippen LogP contribution >= 0.6 is 0 Å². The van der Waals surface area contributed by atoms with Gasteiger partial charge in [0, 0.05) is 18.1 Å². The molecule has 28 heavy (non-hydrogen) atoms. The Morgan fingerprint density at radius 1 is 1.14 bits per heavy atom. The second kappa shape index (κ2) is 8.17. The minimum absolute atomic E-state index is 0.0344. The van der Waals surface area contributed by atoms with Crippen LogP contribution in [0.5, 0.6) is 0 Å². The molecule has 0 heterocycles. The van der Waals surface area contributed by atoms with Crippen LogP contribution in [0, 0.1) is 23.0 Å². The zero-order chi connectivity index (χ0) is 20.3. The molecule has 0 spiro atoms. The van der Waals surface area contributed by atoms with Crippen LogP contribution in [0.4, 0.5) is 5.69 Å². The van der Waals surface area contributed by atoms with Gasteiger partial charge >= 0.3 is 5.97 Å². The summed E-state index contributed by atoms with van der Waals surface area (Å²) in [4.78, 5) is 35.8. The summed E-state index contributed by atoms with van der Waals surface area (Å²) in [6, 6.07) is 13.9. The van der Waals surface area contributed by atoms with Gasteiger partial charge in [0.15, 0.2) is 5.78 Å². The Kier molecular flexibility index (Phi) is 5.68. The number of rotatable bonds is 5. The average molecular weight is 379 g/mol. The number of nitro benzene ring substituents is 1. The Morgan fingerprint density at radius 3 is 2.36 bits per heavy atom. The van der Waals surface area contributed by atoms with E-state index in [-0.39, 0.29) is 18.1 Å². The summed E-state index contributed by atoms with van der Waals surface area (Å²) in [6.07, 6.45) is 1.99. The highest BCUT2D eigenvalue weighted by atomic mass is 16.6. The molecule has 0 saturated carbocycles. The van der Waals surface area contributed by atoms with E-state index in [4.69, 9.17) is 4.74 Å². The fourth-order valence-electron chi connectivity index (χ4n) is 3.51. The van der Waals surface area contributed by atoms with Gasteiger partial charge in [0.2, 0.25) is 0 Å². The standard InChI is InChI=1S/C22H21NO5/c1-3-28-22(25)21-19(16-8-10-18(11-9-16)23(26)27)12-17(13-20(21)24)15-6-4-14(2)5-7-15/h4-11,13,19,21H,3,12H2,1-2H3/t19-,21+/m0/s1. The van der Waals surface area contributed by atoms with Crippen molar-refractivity contribution in [2.45, 2.75) is 26.2 Å². The summed E-state index contributed by atoms with van der Waals surface area (Å²) in [7, 11) is 0. The first-order chi connectivity index (χ1) is 13.4. The van der Waals surface area contributed by atoms with Crippen molar-refractivity contribution in [3.8, 4) is 0 Å². The molecule has 0 amide bonds. The van der Waals surface area contributed by atoms with Crippen LogP contribution in [0.25, 0.3) is 5.57 Å². The van der Waals surface area contributed by atoms with Crippen molar-refractivity contribution in [2.75, 3.05) is 6.61 Å². The lowest BCUT2D eigenvalue weighted by molar-refractivity contribution is -0.384. The zero-order valence-corrected chi connectivity index (χ0v) is 15.8. The minimum Gasteiger partial charge on any atom is -0.465 e. The maximum Gasteiger partial charge on any atom is 0.317 e. The van der Waals surface area contributed by atoms with Gasteiger partial charge < -0.3 is 4.74 Å². The summed E-state index contributed by atoms with van der Waals surface area (Å²) in [5.74, 6) is -2.25. The van der Waals surface area contributed by atoms with Gasteiger partial charge in [-0.2, -0.15) is 0 Å². The zero-order valence-electron chi connectivity index (χ0n) is 15.8. The number of aryl methyl sites for hydroxylation is 1. The van der Waals surface area contributed by atoms with Gasteiger partial charge in [0.05, 0.1) is 11.5 Å². The number of benzene rings is 2. The molecular weight excluding hydrogens is 358 g/mol. The first kappa shape index (κ1) is 19.5. The summed E-state index contributed by atoms with van der Waals surface area (Å²) in [5.41, 5.74) is 3.55. The lowest BCUT2D eigenvalue weighted by Gasteiger charge is -2.29. The van der Waals surface area contributed by atoms with Crippen LogP contribution in [-0.2, 0) is 14.3 Å². The van der Waals surface area contributed by atoms with Crippen molar-refractivity contribution in [3.05, 3.63) is 81.4 Å². The SMILES string of the molecule is CCOC(=O)[C@H]1C(=O)C=C(c2ccc(C)cc2)C[C@H]1c1ccc([N+](=O)[O-])cc1. The van der Waals surface area contributed by atoms with Crippen LogP contribution < -0.4 is 0 Å². The number of nitro groups is 1.